The number of phenols is 1. The normalized spacial score (nSPS) is 11.8. The molecule has 0 saturated heterocycles. The molecule has 0 radical (unpaired) electrons. The largest absolute Gasteiger partial charge is 0.508 e. The van der Waals surface area contributed by atoms with E-state index in [0.717, 1.165) is 9.87 Å². The summed E-state index contributed by atoms with van der Waals surface area (Å²) >= 11 is 12.1. The number of nitrogens with zero attached hydrogens (tertiary/aromatic N) is 2. The molecule has 0 atom stereocenters. The lowest BCUT2D eigenvalue weighted by Crippen LogP contribution is -2.39. The Labute approximate surface area is 215 Å². The molecule has 0 unspecified atom stereocenters. The predicted octanol–water partition coefficient (Wildman–Crippen LogP) is 4.97. The van der Waals surface area contributed by atoms with E-state index in [9.17, 15) is 18.3 Å². The van der Waals surface area contributed by atoms with Gasteiger partial charge in [-0.1, -0.05) is 59.1 Å². The van der Waals surface area contributed by atoms with Crippen LogP contribution in [0.5, 0.6) is 5.75 Å². The maximum absolute atomic E-state index is 13.7. The highest BCUT2D eigenvalue weighted by Crippen LogP contribution is 2.28. The molecule has 3 rings (SSSR count). The van der Waals surface area contributed by atoms with Crippen LogP contribution in [-0.2, 0) is 21.4 Å². The molecule has 10 heteroatoms. The maximum atomic E-state index is 13.7. The van der Waals surface area contributed by atoms with Gasteiger partial charge in [0.1, 0.15) is 5.75 Å². The lowest BCUT2D eigenvalue weighted by atomic mass is 10.1. The Morgan fingerprint density at radius 3 is 2.34 bits per heavy atom. The molecule has 3 aromatic rings. The summed E-state index contributed by atoms with van der Waals surface area (Å²) in [6.45, 7) is 4.76. The average molecular weight is 534 g/mol. The van der Waals surface area contributed by atoms with Gasteiger partial charge in [0.2, 0.25) is 10.0 Å². The second-order valence-electron chi connectivity index (χ2n) is 8.14. The first kappa shape index (κ1) is 26.7. The third-order valence-corrected chi connectivity index (χ3v) is 7.98. The van der Waals surface area contributed by atoms with Crippen molar-refractivity contribution in [3.05, 3.63) is 92.5 Å². The van der Waals surface area contributed by atoms with Crippen molar-refractivity contribution in [3.63, 3.8) is 0 Å². The fraction of sp³-hybridized carbons (Fsp3) is 0.200. The van der Waals surface area contributed by atoms with Crippen molar-refractivity contribution in [1.29, 1.82) is 0 Å². The Morgan fingerprint density at radius 2 is 1.71 bits per heavy atom. The van der Waals surface area contributed by atoms with E-state index in [2.05, 4.69) is 10.5 Å². The van der Waals surface area contributed by atoms with Crippen molar-refractivity contribution in [3.8, 4) is 5.75 Å². The summed E-state index contributed by atoms with van der Waals surface area (Å²) in [4.78, 5) is 12.8. The van der Waals surface area contributed by atoms with Gasteiger partial charge in [-0.2, -0.15) is 9.41 Å². The summed E-state index contributed by atoms with van der Waals surface area (Å²) in [5.41, 5.74) is 5.59. The van der Waals surface area contributed by atoms with E-state index in [0.29, 0.717) is 27.3 Å². The number of benzene rings is 3. The molecule has 7 nitrogen and oxygen atoms in total. The zero-order valence-corrected chi connectivity index (χ0v) is 21.7. The quantitative estimate of drug-likeness (QED) is 0.315. The van der Waals surface area contributed by atoms with E-state index in [1.807, 2.05) is 6.92 Å². The van der Waals surface area contributed by atoms with Crippen LogP contribution in [0.25, 0.3) is 0 Å². The first-order valence-electron chi connectivity index (χ1n) is 10.6. The highest BCUT2D eigenvalue weighted by Gasteiger charge is 2.30. The Hall–Kier alpha value is -2.91. The van der Waals surface area contributed by atoms with E-state index >= 15 is 0 Å². The molecule has 0 fully saturated rings. The number of aryl methyl sites for hydroxylation is 3. The van der Waals surface area contributed by atoms with Crippen LogP contribution in [0.2, 0.25) is 10.0 Å². The van der Waals surface area contributed by atoms with Crippen LogP contribution in [0, 0.1) is 20.8 Å². The minimum Gasteiger partial charge on any atom is -0.508 e. The number of carbonyl (C=O) groups is 1. The molecule has 3 aromatic carbocycles. The Kier molecular flexibility index (Phi) is 8.56. The number of aromatic hydroxyl groups is 1. The summed E-state index contributed by atoms with van der Waals surface area (Å²) < 4.78 is 28.5. The molecule has 2 N–H and O–H groups in total. The standard InChI is InChI=1S/C25H25Cl2N3O4S/c1-16-9-17(2)25(18(3)10-16)35(33,34)30(14-20-7-8-22(26)23(27)12-20)15-24(32)29-28-13-19-5-4-6-21(31)11-19/h4-13,31H,14-15H2,1-3H3,(H,29,32)/b28-13+. The van der Waals surface area contributed by atoms with Gasteiger partial charge < -0.3 is 5.11 Å². The van der Waals surface area contributed by atoms with Gasteiger partial charge in [0, 0.05) is 6.54 Å². The Balaban J connectivity index is 1.90. The van der Waals surface area contributed by atoms with Crippen molar-refractivity contribution in [2.75, 3.05) is 6.54 Å². The summed E-state index contributed by atoms with van der Waals surface area (Å²) in [5, 5.41) is 14.0. The Morgan fingerprint density at radius 1 is 1.03 bits per heavy atom. The number of hydrogen-bond donors (Lipinski definition) is 2. The molecule has 1 amide bonds. The fourth-order valence-electron chi connectivity index (χ4n) is 3.75. The molecule has 0 aliphatic heterocycles. The summed E-state index contributed by atoms with van der Waals surface area (Å²) in [6.07, 6.45) is 1.35. The monoisotopic (exact) mass is 533 g/mol. The highest BCUT2D eigenvalue weighted by molar-refractivity contribution is 7.89. The molecule has 0 aliphatic carbocycles. The van der Waals surface area contributed by atoms with Gasteiger partial charge >= 0.3 is 0 Å². The van der Waals surface area contributed by atoms with Crippen LogP contribution in [0.4, 0.5) is 0 Å². The van der Waals surface area contributed by atoms with Crippen LogP contribution in [0.1, 0.15) is 27.8 Å². The van der Waals surface area contributed by atoms with Gasteiger partial charge in [0.25, 0.3) is 5.91 Å². The third-order valence-electron chi connectivity index (χ3n) is 5.14. The number of halogens is 2. The lowest BCUT2D eigenvalue weighted by molar-refractivity contribution is -0.121. The van der Waals surface area contributed by atoms with Crippen LogP contribution in [0.15, 0.2) is 64.6 Å². The molecular formula is C25H25Cl2N3O4S. The number of amides is 1. The lowest BCUT2D eigenvalue weighted by Gasteiger charge is -2.24. The van der Waals surface area contributed by atoms with E-state index in [1.165, 1.54) is 18.3 Å². The van der Waals surface area contributed by atoms with Gasteiger partial charge in [0.15, 0.2) is 0 Å². The van der Waals surface area contributed by atoms with Crippen molar-refractivity contribution < 1.29 is 18.3 Å². The van der Waals surface area contributed by atoms with Gasteiger partial charge in [-0.15, -0.1) is 0 Å². The second-order valence-corrected chi connectivity index (χ2v) is 10.8. The van der Waals surface area contributed by atoms with Crippen molar-refractivity contribution in [2.45, 2.75) is 32.2 Å². The SMILES string of the molecule is Cc1cc(C)c(S(=O)(=O)N(CC(=O)N/N=C/c2cccc(O)c2)Cc2ccc(Cl)c(Cl)c2)c(C)c1. The first-order valence-corrected chi connectivity index (χ1v) is 12.8. The van der Waals surface area contributed by atoms with Gasteiger partial charge in [0.05, 0.1) is 27.7 Å². The number of hydrazone groups is 1. The van der Waals surface area contributed by atoms with E-state index in [4.69, 9.17) is 23.2 Å². The molecule has 0 heterocycles. The predicted molar refractivity (Wildman–Crippen MR) is 139 cm³/mol. The Bertz CT molecular complexity index is 1370. The van der Waals surface area contributed by atoms with Crippen molar-refractivity contribution in [2.24, 2.45) is 5.10 Å². The summed E-state index contributed by atoms with van der Waals surface area (Å²) in [7, 11) is -4.07. The smallest absolute Gasteiger partial charge is 0.255 e. The number of sulfonamides is 1. The molecule has 35 heavy (non-hydrogen) atoms. The second kappa shape index (κ2) is 11.2. The minimum absolute atomic E-state index is 0.0583. The van der Waals surface area contributed by atoms with Gasteiger partial charge in [-0.25, -0.2) is 13.8 Å². The molecule has 184 valence electrons. The number of phenolic OH excluding ortho intramolecular Hbond substituents is 1. The highest BCUT2D eigenvalue weighted by atomic mass is 35.5. The average Bonchev–Trinajstić information content (AvgIpc) is 2.75. The van der Waals surface area contributed by atoms with Crippen LogP contribution in [0.3, 0.4) is 0 Å². The van der Waals surface area contributed by atoms with Crippen molar-refractivity contribution in [1.82, 2.24) is 9.73 Å². The first-order chi connectivity index (χ1) is 16.5. The summed E-state index contributed by atoms with van der Waals surface area (Å²) in [5.74, 6) is -0.574. The van der Waals surface area contributed by atoms with E-state index < -0.39 is 22.5 Å². The van der Waals surface area contributed by atoms with Gasteiger partial charge in [-0.3, -0.25) is 4.79 Å². The molecule has 0 spiro atoms. The molecule has 0 aliphatic rings. The van der Waals surface area contributed by atoms with Crippen LogP contribution in [-0.4, -0.2) is 36.5 Å². The molecule has 0 saturated carbocycles. The van der Waals surface area contributed by atoms with E-state index in [-0.39, 0.29) is 22.2 Å². The van der Waals surface area contributed by atoms with Gasteiger partial charge in [-0.05, 0) is 67.3 Å². The molecular weight excluding hydrogens is 509 g/mol. The third kappa shape index (κ3) is 6.82. The van der Waals surface area contributed by atoms with E-state index in [1.54, 1.807) is 56.3 Å². The molecule has 0 aromatic heterocycles. The zero-order chi connectivity index (χ0) is 25.8. The number of rotatable bonds is 8. The summed E-state index contributed by atoms with van der Waals surface area (Å²) in [6, 6.07) is 14.7. The maximum Gasteiger partial charge on any atom is 0.255 e. The van der Waals surface area contributed by atoms with Crippen LogP contribution >= 0.6 is 23.2 Å². The van der Waals surface area contributed by atoms with Crippen molar-refractivity contribution >= 4 is 45.3 Å². The minimum atomic E-state index is -4.07. The topological polar surface area (TPSA) is 99.1 Å². The fourth-order valence-corrected chi connectivity index (χ4v) is 5.87. The number of hydrogen-bond acceptors (Lipinski definition) is 5. The number of carbonyl (C=O) groups excluding carboxylic acids is 1. The molecule has 0 bridgehead atoms. The van der Waals surface area contributed by atoms with Crippen LogP contribution < -0.4 is 5.43 Å². The zero-order valence-electron chi connectivity index (χ0n) is 19.4. The number of nitrogens with one attached hydrogen (secondary N) is 1.